The molecule has 0 atom stereocenters. The fraction of sp³-hybridized carbons (Fsp3) is 0.333. The lowest BCUT2D eigenvalue weighted by Gasteiger charge is -2.10. The number of hydrogen-bond acceptors (Lipinski definition) is 5. The lowest BCUT2D eigenvalue weighted by molar-refractivity contribution is -0.116. The first-order valence-electron chi connectivity index (χ1n) is 4.44. The molecule has 0 aliphatic carbocycles. The molecule has 2 rings (SSSR count). The largest absolute Gasteiger partial charge is 0.481 e. The molecular weight excluding hydrogens is 196 g/mol. The maximum Gasteiger partial charge on any atom is 0.254 e. The summed E-state index contributed by atoms with van der Waals surface area (Å²) in [7, 11) is 1.51. The molecule has 15 heavy (non-hydrogen) atoms. The molecule has 0 aromatic carbocycles. The standard InChI is InChI=1S/C9H10N4O2/c1-6-3-9(14)13(12-6)7-4-8(15-2)11-5-10-7/h4-5H,3H2,1-2H3. The minimum Gasteiger partial charge on any atom is -0.481 e. The van der Waals surface area contributed by atoms with Crippen LogP contribution < -0.4 is 9.75 Å². The fourth-order valence-corrected chi connectivity index (χ4v) is 1.29. The van der Waals surface area contributed by atoms with Crippen LogP contribution in [0.1, 0.15) is 13.3 Å². The van der Waals surface area contributed by atoms with Crippen molar-refractivity contribution >= 4 is 17.4 Å². The Morgan fingerprint density at radius 3 is 2.87 bits per heavy atom. The Bertz CT molecular complexity index is 430. The monoisotopic (exact) mass is 206 g/mol. The highest BCUT2D eigenvalue weighted by Crippen LogP contribution is 2.20. The Hall–Kier alpha value is -1.98. The molecular formula is C9H10N4O2. The van der Waals surface area contributed by atoms with Gasteiger partial charge in [-0.15, -0.1) is 0 Å². The van der Waals surface area contributed by atoms with Crippen molar-refractivity contribution in [1.82, 2.24) is 9.97 Å². The van der Waals surface area contributed by atoms with Crippen LogP contribution in [0.3, 0.4) is 0 Å². The number of anilines is 1. The smallest absolute Gasteiger partial charge is 0.254 e. The molecule has 0 bridgehead atoms. The van der Waals surface area contributed by atoms with Crippen LogP contribution >= 0.6 is 0 Å². The number of carbonyl (C=O) groups is 1. The van der Waals surface area contributed by atoms with E-state index in [-0.39, 0.29) is 5.91 Å². The highest BCUT2D eigenvalue weighted by molar-refractivity contribution is 6.11. The van der Waals surface area contributed by atoms with Gasteiger partial charge < -0.3 is 4.74 Å². The average molecular weight is 206 g/mol. The van der Waals surface area contributed by atoms with Gasteiger partial charge >= 0.3 is 0 Å². The molecule has 0 fully saturated rings. The summed E-state index contributed by atoms with van der Waals surface area (Å²) in [6.45, 7) is 1.80. The van der Waals surface area contributed by atoms with Crippen LogP contribution in [0.25, 0.3) is 0 Å². The molecule has 0 saturated carbocycles. The van der Waals surface area contributed by atoms with Crippen LogP contribution in [-0.4, -0.2) is 28.7 Å². The Kier molecular flexibility index (Phi) is 2.32. The van der Waals surface area contributed by atoms with Crippen LogP contribution in [0.15, 0.2) is 17.5 Å². The molecule has 2 heterocycles. The van der Waals surface area contributed by atoms with E-state index in [0.29, 0.717) is 18.1 Å². The van der Waals surface area contributed by atoms with Crippen molar-refractivity contribution in [1.29, 1.82) is 0 Å². The zero-order valence-corrected chi connectivity index (χ0v) is 8.47. The second kappa shape index (κ2) is 3.64. The predicted octanol–water partition coefficient (Wildman–Crippen LogP) is 0.598. The molecule has 0 spiro atoms. The second-order valence-electron chi connectivity index (χ2n) is 3.14. The van der Waals surface area contributed by atoms with Crippen molar-refractivity contribution in [2.75, 3.05) is 12.1 Å². The van der Waals surface area contributed by atoms with Gasteiger partial charge in [0.05, 0.1) is 13.5 Å². The number of methoxy groups -OCH3 is 1. The molecule has 1 aromatic rings. The molecule has 0 radical (unpaired) electrons. The molecule has 78 valence electrons. The third kappa shape index (κ3) is 1.78. The van der Waals surface area contributed by atoms with E-state index in [0.717, 1.165) is 5.71 Å². The molecule has 1 amide bonds. The lowest BCUT2D eigenvalue weighted by Crippen LogP contribution is -2.20. The van der Waals surface area contributed by atoms with E-state index < -0.39 is 0 Å². The molecule has 1 aromatic heterocycles. The van der Waals surface area contributed by atoms with Crippen molar-refractivity contribution in [3.8, 4) is 5.88 Å². The SMILES string of the molecule is COc1cc(N2N=C(C)CC2=O)ncn1. The van der Waals surface area contributed by atoms with Gasteiger partial charge in [-0.2, -0.15) is 10.1 Å². The summed E-state index contributed by atoms with van der Waals surface area (Å²) in [5.41, 5.74) is 0.776. The highest BCUT2D eigenvalue weighted by Gasteiger charge is 2.24. The summed E-state index contributed by atoms with van der Waals surface area (Å²) < 4.78 is 4.94. The van der Waals surface area contributed by atoms with E-state index >= 15 is 0 Å². The van der Waals surface area contributed by atoms with Gasteiger partial charge in [-0.05, 0) is 6.92 Å². The van der Waals surface area contributed by atoms with Gasteiger partial charge in [-0.3, -0.25) is 4.79 Å². The summed E-state index contributed by atoms with van der Waals surface area (Å²) in [4.78, 5) is 19.3. The van der Waals surface area contributed by atoms with Crippen molar-refractivity contribution in [2.24, 2.45) is 5.10 Å². The number of rotatable bonds is 2. The Morgan fingerprint density at radius 2 is 2.27 bits per heavy atom. The lowest BCUT2D eigenvalue weighted by atomic mass is 10.3. The molecule has 0 unspecified atom stereocenters. The zero-order valence-electron chi connectivity index (χ0n) is 8.47. The second-order valence-corrected chi connectivity index (χ2v) is 3.14. The normalized spacial score (nSPS) is 15.5. The number of amides is 1. The first kappa shape index (κ1) is 9.57. The molecule has 1 aliphatic rings. The summed E-state index contributed by atoms with van der Waals surface area (Å²) >= 11 is 0. The molecule has 0 saturated heterocycles. The van der Waals surface area contributed by atoms with Gasteiger partial charge in [0.15, 0.2) is 5.82 Å². The van der Waals surface area contributed by atoms with E-state index in [4.69, 9.17) is 4.74 Å². The third-order valence-corrected chi connectivity index (χ3v) is 1.97. The van der Waals surface area contributed by atoms with E-state index in [2.05, 4.69) is 15.1 Å². The van der Waals surface area contributed by atoms with Gasteiger partial charge in [-0.1, -0.05) is 0 Å². The summed E-state index contributed by atoms with van der Waals surface area (Å²) in [6.07, 6.45) is 1.68. The van der Waals surface area contributed by atoms with E-state index in [9.17, 15) is 4.79 Å². The number of aromatic nitrogens is 2. The van der Waals surface area contributed by atoms with Crippen molar-refractivity contribution in [2.45, 2.75) is 13.3 Å². The van der Waals surface area contributed by atoms with Gasteiger partial charge in [-0.25, -0.2) is 9.97 Å². The van der Waals surface area contributed by atoms with Crippen LogP contribution in [0, 0.1) is 0 Å². The van der Waals surface area contributed by atoms with Crippen LogP contribution in [0.2, 0.25) is 0 Å². The number of nitrogens with zero attached hydrogens (tertiary/aromatic N) is 4. The van der Waals surface area contributed by atoms with E-state index in [1.54, 1.807) is 13.0 Å². The number of hydrogen-bond donors (Lipinski definition) is 0. The quantitative estimate of drug-likeness (QED) is 0.710. The minimum absolute atomic E-state index is 0.0896. The Labute approximate surface area is 86.6 Å². The summed E-state index contributed by atoms with van der Waals surface area (Å²) in [5.74, 6) is 0.754. The van der Waals surface area contributed by atoms with Crippen molar-refractivity contribution in [3.63, 3.8) is 0 Å². The minimum atomic E-state index is -0.0896. The van der Waals surface area contributed by atoms with E-state index in [1.165, 1.54) is 18.4 Å². The van der Waals surface area contributed by atoms with E-state index in [1.807, 2.05) is 0 Å². The predicted molar refractivity (Wildman–Crippen MR) is 53.8 cm³/mol. The first-order chi connectivity index (χ1) is 7.20. The topological polar surface area (TPSA) is 67.7 Å². The van der Waals surface area contributed by atoms with Gasteiger partial charge in [0, 0.05) is 11.8 Å². The fourth-order valence-electron chi connectivity index (χ4n) is 1.29. The third-order valence-electron chi connectivity index (χ3n) is 1.97. The average Bonchev–Trinajstić information content (AvgIpc) is 2.58. The van der Waals surface area contributed by atoms with Gasteiger partial charge in [0.2, 0.25) is 5.88 Å². The Balaban J connectivity index is 2.33. The summed E-state index contributed by atoms with van der Waals surface area (Å²) in [6, 6.07) is 1.57. The van der Waals surface area contributed by atoms with Crippen LogP contribution in [-0.2, 0) is 4.79 Å². The Morgan fingerprint density at radius 1 is 1.47 bits per heavy atom. The number of ether oxygens (including phenoxy) is 1. The summed E-state index contributed by atoms with van der Waals surface area (Å²) in [5, 5.41) is 5.33. The first-order valence-corrected chi connectivity index (χ1v) is 4.44. The van der Waals surface area contributed by atoms with Crippen molar-refractivity contribution in [3.05, 3.63) is 12.4 Å². The molecule has 0 N–H and O–H groups in total. The maximum atomic E-state index is 11.5. The molecule has 1 aliphatic heterocycles. The highest BCUT2D eigenvalue weighted by atomic mass is 16.5. The number of carbonyl (C=O) groups excluding carboxylic acids is 1. The maximum absolute atomic E-state index is 11.5. The molecule has 6 nitrogen and oxygen atoms in total. The number of hydrazone groups is 1. The zero-order chi connectivity index (χ0) is 10.8. The van der Waals surface area contributed by atoms with Crippen molar-refractivity contribution < 1.29 is 9.53 Å². The molecule has 6 heteroatoms. The van der Waals surface area contributed by atoms with Gasteiger partial charge in [0.25, 0.3) is 5.91 Å². The van der Waals surface area contributed by atoms with Gasteiger partial charge in [0.1, 0.15) is 6.33 Å². The van der Waals surface area contributed by atoms with Crippen LogP contribution in [0.5, 0.6) is 5.88 Å². The van der Waals surface area contributed by atoms with Crippen LogP contribution in [0.4, 0.5) is 5.82 Å².